The number of aromatic nitrogens is 1. The molecule has 2 nitrogen and oxygen atoms in total. The summed E-state index contributed by atoms with van der Waals surface area (Å²) in [5.74, 6) is 0. The van der Waals surface area contributed by atoms with Crippen molar-refractivity contribution in [2.45, 2.75) is 6.92 Å². The van der Waals surface area contributed by atoms with Crippen LogP contribution in [0.5, 0.6) is 0 Å². The zero-order valence-electron chi connectivity index (χ0n) is 8.44. The molecule has 2 rings (SSSR count). The van der Waals surface area contributed by atoms with Gasteiger partial charge in [-0.3, -0.25) is 4.98 Å². The van der Waals surface area contributed by atoms with Crippen molar-refractivity contribution in [3.05, 3.63) is 53.7 Å². The highest BCUT2D eigenvalue weighted by atomic mass is 14.7. The molecule has 0 N–H and O–H groups in total. The van der Waals surface area contributed by atoms with Crippen LogP contribution in [0.1, 0.15) is 11.1 Å². The molecular weight excluding hydrogens is 184 g/mol. The maximum atomic E-state index is 9.03. The number of nitrogens with zero attached hydrogens (tertiary/aromatic N) is 2. The Bertz CT molecular complexity index is 510. The van der Waals surface area contributed by atoms with E-state index in [2.05, 4.69) is 11.1 Å². The summed E-state index contributed by atoms with van der Waals surface area (Å²) >= 11 is 0. The fraction of sp³-hybridized carbons (Fsp3) is 0.0769. The first-order valence-corrected chi connectivity index (χ1v) is 4.74. The van der Waals surface area contributed by atoms with Crippen LogP contribution in [0.25, 0.3) is 11.3 Å². The molecule has 1 aromatic heterocycles. The SMILES string of the molecule is Cc1cccc(C#N)c1-c1ccccn1. The van der Waals surface area contributed by atoms with Crippen LogP contribution in [0.2, 0.25) is 0 Å². The molecule has 2 heteroatoms. The summed E-state index contributed by atoms with van der Waals surface area (Å²) in [6, 6.07) is 13.6. The van der Waals surface area contributed by atoms with Gasteiger partial charge in [-0.1, -0.05) is 18.2 Å². The summed E-state index contributed by atoms with van der Waals surface area (Å²) < 4.78 is 0. The molecule has 1 heterocycles. The molecule has 0 saturated heterocycles. The number of nitriles is 1. The first-order chi connectivity index (χ1) is 7.33. The Morgan fingerprint density at radius 3 is 2.67 bits per heavy atom. The average Bonchev–Trinajstić information content (AvgIpc) is 2.29. The highest BCUT2D eigenvalue weighted by molar-refractivity contribution is 5.70. The highest BCUT2D eigenvalue weighted by Crippen LogP contribution is 2.24. The van der Waals surface area contributed by atoms with Gasteiger partial charge in [-0.15, -0.1) is 0 Å². The maximum absolute atomic E-state index is 9.03. The monoisotopic (exact) mass is 194 g/mol. The summed E-state index contributed by atoms with van der Waals surface area (Å²) in [6.07, 6.45) is 1.74. The molecule has 15 heavy (non-hydrogen) atoms. The second-order valence-electron chi connectivity index (χ2n) is 3.32. The third-order valence-corrected chi connectivity index (χ3v) is 2.31. The van der Waals surface area contributed by atoms with Crippen LogP contribution in [0, 0.1) is 18.3 Å². The number of rotatable bonds is 1. The van der Waals surface area contributed by atoms with Crippen LogP contribution in [0.3, 0.4) is 0 Å². The molecule has 0 radical (unpaired) electrons. The minimum absolute atomic E-state index is 0.675. The molecule has 2 aromatic rings. The Labute approximate surface area is 88.8 Å². The van der Waals surface area contributed by atoms with Gasteiger partial charge in [0.1, 0.15) is 0 Å². The van der Waals surface area contributed by atoms with E-state index < -0.39 is 0 Å². The zero-order chi connectivity index (χ0) is 10.7. The lowest BCUT2D eigenvalue weighted by Crippen LogP contribution is -1.90. The van der Waals surface area contributed by atoms with Gasteiger partial charge in [-0.2, -0.15) is 5.26 Å². The average molecular weight is 194 g/mol. The Kier molecular flexibility index (Phi) is 2.47. The molecule has 0 bridgehead atoms. The van der Waals surface area contributed by atoms with Crippen molar-refractivity contribution >= 4 is 0 Å². The van der Waals surface area contributed by atoms with E-state index in [1.807, 2.05) is 43.3 Å². The third kappa shape index (κ3) is 1.72. The molecule has 0 amide bonds. The summed E-state index contributed by atoms with van der Waals surface area (Å²) in [7, 11) is 0. The largest absolute Gasteiger partial charge is 0.256 e. The molecule has 0 aliphatic carbocycles. The Hall–Kier alpha value is -2.14. The normalized spacial score (nSPS) is 9.60. The Morgan fingerprint density at radius 2 is 2.00 bits per heavy atom. The van der Waals surface area contributed by atoms with Crippen molar-refractivity contribution < 1.29 is 0 Å². The van der Waals surface area contributed by atoms with Crippen LogP contribution in [0.4, 0.5) is 0 Å². The van der Waals surface area contributed by atoms with Gasteiger partial charge >= 0.3 is 0 Å². The van der Waals surface area contributed by atoms with Crippen LogP contribution in [0.15, 0.2) is 42.6 Å². The second-order valence-corrected chi connectivity index (χ2v) is 3.32. The van der Waals surface area contributed by atoms with E-state index in [0.717, 1.165) is 16.8 Å². The van der Waals surface area contributed by atoms with Crippen molar-refractivity contribution in [1.29, 1.82) is 5.26 Å². The Balaban J connectivity index is 2.68. The van der Waals surface area contributed by atoms with E-state index in [4.69, 9.17) is 5.26 Å². The standard InChI is InChI=1S/C13H10N2/c1-10-5-4-6-11(9-14)13(10)12-7-2-3-8-15-12/h2-8H,1H3. The van der Waals surface area contributed by atoms with Gasteiger partial charge in [0.2, 0.25) is 0 Å². The first kappa shape index (κ1) is 9.42. The third-order valence-electron chi connectivity index (χ3n) is 2.31. The van der Waals surface area contributed by atoms with Crippen molar-refractivity contribution in [1.82, 2.24) is 4.98 Å². The maximum Gasteiger partial charge on any atom is 0.0998 e. The lowest BCUT2D eigenvalue weighted by atomic mass is 9.99. The summed E-state index contributed by atoms with van der Waals surface area (Å²) in [4.78, 5) is 4.27. The van der Waals surface area contributed by atoms with E-state index in [1.54, 1.807) is 6.20 Å². The molecule has 0 unspecified atom stereocenters. The molecule has 0 atom stereocenters. The lowest BCUT2D eigenvalue weighted by molar-refractivity contribution is 1.30. The number of pyridine rings is 1. The molecule has 0 aliphatic heterocycles. The van der Waals surface area contributed by atoms with Crippen LogP contribution in [-0.4, -0.2) is 4.98 Å². The Morgan fingerprint density at radius 1 is 1.13 bits per heavy atom. The highest BCUT2D eigenvalue weighted by Gasteiger charge is 2.07. The fourth-order valence-electron chi connectivity index (χ4n) is 1.61. The molecule has 0 aliphatic rings. The van der Waals surface area contributed by atoms with Crippen molar-refractivity contribution in [3.8, 4) is 17.3 Å². The molecular formula is C13H10N2. The van der Waals surface area contributed by atoms with E-state index in [1.165, 1.54) is 0 Å². The molecule has 1 aromatic carbocycles. The number of aryl methyl sites for hydroxylation is 1. The molecule has 0 saturated carbocycles. The minimum atomic E-state index is 0.675. The van der Waals surface area contributed by atoms with Gasteiger partial charge in [0, 0.05) is 11.8 Å². The zero-order valence-corrected chi connectivity index (χ0v) is 8.44. The molecule has 72 valence electrons. The predicted octanol–water partition coefficient (Wildman–Crippen LogP) is 2.93. The van der Waals surface area contributed by atoms with Crippen molar-refractivity contribution in [2.24, 2.45) is 0 Å². The van der Waals surface area contributed by atoms with Crippen molar-refractivity contribution in [3.63, 3.8) is 0 Å². The number of benzene rings is 1. The number of hydrogen-bond donors (Lipinski definition) is 0. The van der Waals surface area contributed by atoms with Gasteiger partial charge in [-0.05, 0) is 30.7 Å². The van der Waals surface area contributed by atoms with Crippen molar-refractivity contribution in [2.75, 3.05) is 0 Å². The summed E-state index contributed by atoms with van der Waals surface area (Å²) in [5.41, 5.74) is 3.54. The van der Waals surface area contributed by atoms with E-state index in [-0.39, 0.29) is 0 Å². The minimum Gasteiger partial charge on any atom is -0.256 e. The van der Waals surface area contributed by atoms with Gasteiger partial charge < -0.3 is 0 Å². The van der Waals surface area contributed by atoms with Crippen LogP contribution >= 0.6 is 0 Å². The summed E-state index contributed by atoms with van der Waals surface area (Å²) in [5, 5.41) is 9.03. The van der Waals surface area contributed by atoms with E-state index >= 15 is 0 Å². The van der Waals surface area contributed by atoms with Gasteiger partial charge in [0.25, 0.3) is 0 Å². The van der Waals surface area contributed by atoms with E-state index in [9.17, 15) is 0 Å². The lowest BCUT2D eigenvalue weighted by Gasteiger charge is -2.06. The molecule has 0 fully saturated rings. The number of hydrogen-bond acceptors (Lipinski definition) is 2. The van der Waals surface area contributed by atoms with Gasteiger partial charge in [0.15, 0.2) is 0 Å². The predicted molar refractivity (Wildman–Crippen MR) is 59.1 cm³/mol. The first-order valence-electron chi connectivity index (χ1n) is 4.74. The van der Waals surface area contributed by atoms with Gasteiger partial charge in [0.05, 0.1) is 17.3 Å². The second kappa shape index (κ2) is 3.93. The van der Waals surface area contributed by atoms with Gasteiger partial charge in [-0.25, -0.2) is 0 Å². The summed E-state index contributed by atoms with van der Waals surface area (Å²) in [6.45, 7) is 1.99. The molecule has 0 spiro atoms. The van der Waals surface area contributed by atoms with E-state index in [0.29, 0.717) is 5.56 Å². The van der Waals surface area contributed by atoms with Crippen LogP contribution < -0.4 is 0 Å². The smallest absolute Gasteiger partial charge is 0.0998 e. The van der Waals surface area contributed by atoms with Crippen LogP contribution in [-0.2, 0) is 0 Å². The topological polar surface area (TPSA) is 36.7 Å². The fourth-order valence-corrected chi connectivity index (χ4v) is 1.61. The quantitative estimate of drug-likeness (QED) is 0.699.